The zero-order valence-electron chi connectivity index (χ0n) is 12.4. The Morgan fingerprint density at radius 3 is 2.50 bits per heavy atom. The Hall–Kier alpha value is -2.67. The van der Waals surface area contributed by atoms with E-state index in [0.29, 0.717) is 0 Å². The number of fused-ring (bicyclic) bond motifs is 1. The molecule has 0 aliphatic carbocycles. The lowest BCUT2D eigenvalue weighted by Crippen LogP contribution is -3.05. The molecule has 2 aromatic rings. The maximum atomic E-state index is 10.7. The highest BCUT2D eigenvalue weighted by molar-refractivity contribution is 6.26. The van der Waals surface area contributed by atoms with Crippen LogP contribution in [0.1, 0.15) is 15.9 Å². The third kappa shape index (κ3) is 5.02. The van der Waals surface area contributed by atoms with Crippen molar-refractivity contribution in [2.24, 2.45) is 0 Å². The number of carboxylic acids is 2. The Morgan fingerprint density at radius 1 is 1.36 bits per heavy atom. The van der Waals surface area contributed by atoms with Gasteiger partial charge in [-0.05, 0) is 23.8 Å². The van der Waals surface area contributed by atoms with Crippen LogP contribution >= 0.6 is 0 Å². The first-order chi connectivity index (χ1) is 10.3. The molecule has 118 valence electrons. The molecule has 2 rings (SSSR count). The quantitative estimate of drug-likeness (QED) is 0.469. The lowest BCUT2D eigenvalue weighted by atomic mass is 10.1. The van der Waals surface area contributed by atoms with Gasteiger partial charge in [-0.3, -0.25) is 4.79 Å². The number of aromatic amines is 1. The zero-order chi connectivity index (χ0) is 16.7. The van der Waals surface area contributed by atoms with Crippen molar-refractivity contribution in [1.29, 1.82) is 0 Å². The number of benzene rings is 1. The van der Waals surface area contributed by atoms with E-state index in [9.17, 15) is 4.79 Å². The van der Waals surface area contributed by atoms with Crippen molar-refractivity contribution in [3.63, 3.8) is 0 Å². The maximum absolute atomic E-state index is 10.7. The first kappa shape index (κ1) is 17.4. The third-order valence-corrected chi connectivity index (χ3v) is 3.00. The van der Waals surface area contributed by atoms with Crippen molar-refractivity contribution in [1.82, 2.24) is 4.98 Å². The van der Waals surface area contributed by atoms with Crippen LogP contribution in [0.5, 0.6) is 0 Å². The summed E-state index contributed by atoms with van der Waals surface area (Å²) in [6.07, 6.45) is 3.97. The van der Waals surface area contributed by atoms with Gasteiger partial charge in [-0.25, -0.2) is 4.79 Å². The van der Waals surface area contributed by atoms with Crippen LogP contribution in [0, 0.1) is 0 Å². The van der Waals surface area contributed by atoms with E-state index in [1.54, 1.807) is 0 Å². The number of H-pyrrole nitrogens is 1. The molecule has 1 aromatic carbocycles. The molecule has 0 fully saturated rings. The maximum Gasteiger partial charge on any atom is 0.351 e. The Bertz CT molecular complexity index is 664. The number of carbonyl (C=O) groups is 3. The lowest BCUT2D eigenvalue weighted by molar-refractivity contribution is -0.858. The Kier molecular flexibility index (Phi) is 6.27. The van der Waals surface area contributed by atoms with Crippen LogP contribution in [0.25, 0.3) is 10.9 Å². The van der Waals surface area contributed by atoms with E-state index in [1.807, 2.05) is 24.4 Å². The number of hydrogen-bond donors (Lipinski definition) is 3. The van der Waals surface area contributed by atoms with Crippen LogP contribution in [0.15, 0.2) is 24.4 Å². The summed E-state index contributed by atoms with van der Waals surface area (Å²) in [5.41, 5.74) is 3.14. The molecular weight excluding hydrogens is 288 g/mol. The summed E-state index contributed by atoms with van der Waals surface area (Å²) in [6.45, 7) is 1.10. The minimum absolute atomic E-state index is 0.741. The van der Waals surface area contributed by atoms with Gasteiger partial charge in [-0.1, -0.05) is 0 Å². The van der Waals surface area contributed by atoms with Gasteiger partial charge in [0, 0.05) is 29.1 Å². The molecule has 1 aromatic heterocycles. The fourth-order valence-corrected chi connectivity index (χ4v) is 1.86. The van der Waals surface area contributed by atoms with Gasteiger partial charge < -0.3 is 24.9 Å². The molecule has 3 N–H and O–H groups in total. The van der Waals surface area contributed by atoms with E-state index < -0.39 is 11.9 Å². The molecule has 7 heteroatoms. The summed E-state index contributed by atoms with van der Waals surface area (Å²) in [5, 5.41) is 17.5. The van der Waals surface area contributed by atoms with E-state index in [-0.39, 0.29) is 0 Å². The predicted molar refractivity (Wildman–Crippen MR) is 77.7 cm³/mol. The predicted octanol–water partition coefficient (Wildman–Crippen LogP) is -1.51. The molecule has 22 heavy (non-hydrogen) atoms. The van der Waals surface area contributed by atoms with Gasteiger partial charge in [0.2, 0.25) is 0 Å². The molecule has 0 amide bonds. The highest BCUT2D eigenvalue weighted by Crippen LogP contribution is 2.19. The summed E-state index contributed by atoms with van der Waals surface area (Å²) in [6, 6.07) is 5.76. The molecule has 0 atom stereocenters. The summed E-state index contributed by atoms with van der Waals surface area (Å²) < 4.78 is 0. The van der Waals surface area contributed by atoms with Gasteiger partial charge in [0.25, 0.3) is 0 Å². The molecule has 0 spiro atoms. The van der Waals surface area contributed by atoms with Crippen LogP contribution in [0.2, 0.25) is 0 Å². The first-order valence-electron chi connectivity index (χ1n) is 6.63. The van der Waals surface area contributed by atoms with Crippen LogP contribution in [0.4, 0.5) is 0 Å². The number of hydrogen-bond acceptors (Lipinski definition) is 4. The second-order valence-electron chi connectivity index (χ2n) is 5.04. The Morgan fingerprint density at radius 2 is 2.00 bits per heavy atom. The standard InChI is InChI=1S/C13H16N2O.C2H2O4/c1-15(2)6-5-11-8-14-13-4-3-10(9-16)7-12(11)13;3-1(4)2(5)6/h3-4,7-9,14H,5-6H2,1-2H3;(H,3,4)(H,5,6). The highest BCUT2D eigenvalue weighted by Gasteiger charge is 2.05. The van der Waals surface area contributed by atoms with Gasteiger partial charge in [-0.15, -0.1) is 0 Å². The summed E-state index contributed by atoms with van der Waals surface area (Å²) >= 11 is 0. The molecule has 0 aliphatic rings. The van der Waals surface area contributed by atoms with Gasteiger partial charge in [0.1, 0.15) is 6.29 Å². The van der Waals surface area contributed by atoms with Crippen molar-refractivity contribution in [2.75, 3.05) is 20.6 Å². The molecule has 0 radical (unpaired) electrons. The molecule has 1 heterocycles. The van der Waals surface area contributed by atoms with E-state index in [4.69, 9.17) is 19.8 Å². The smallest absolute Gasteiger partial charge is 0.351 e. The van der Waals surface area contributed by atoms with Crippen LogP contribution in [0.3, 0.4) is 0 Å². The fourth-order valence-electron chi connectivity index (χ4n) is 1.86. The third-order valence-electron chi connectivity index (χ3n) is 3.00. The molecular formula is C15H18N2O5. The molecule has 0 saturated carbocycles. The van der Waals surface area contributed by atoms with E-state index in [0.717, 1.165) is 30.3 Å². The van der Waals surface area contributed by atoms with Gasteiger partial charge >= 0.3 is 5.97 Å². The van der Waals surface area contributed by atoms with Gasteiger partial charge in [-0.2, -0.15) is 0 Å². The van der Waals surface area contributed by atoms with Crippen LogP contribution in [-0.2, 0) is 16.0 Å². The van der Waals surface area contributed by atoms with Crippen molar-refractivity contribution >= 4 is 29.1 Å². The van der Waals surface area contributed by atoms with Crippen LogP contribution in [-0.4, -0.2) is 49.0 Å². The molecule has 0 saturated heterocycles. The second kappa shape index (κ2) is 7.94. The zero-order valence-corrected chi connectivity index (χ0v) is 12.4. The molecule has 0 aliphatic heterocycles. The fraction of sp³-hybridized carbons (Fsp3) is 0.267. The number of aromatic nitrogens is 1. The minimum Gasteiger partial charge on any atom is -0.539 e. The highest BCUT2D eigenvalue weighted by atomic mass is 16.4. The topological polar surface area (TPSA) is 115 Å². The van der Waals surface area contributed by atoms with Crippen molar-refractivity contribution in [3.8, 4) is 0 Å². The molecule has 7 nitrogen and oxygen atoms in total. The number of carbonyl (C=O) groups excluding carboxylic acids is 2. The number of aldehydes is 1. The molecule has 0 bridgehead atoms. The Balaban J connectivity index is 0.000000346. The van der Waals surface area contributed by atoms with Crippen molar-refractivity contribution in [3.05, 3.63) is 35.5 Å². The van der Waals surface area contributed by atoms with E-state index in [1.165, 1.54) is 15.8 Å². The number of nitrogens with one attached hydrogen (secondary N) is 2. The largest absolute Gasteiger partial charge is 0.539 e. The number of carboxylic acid groups (broad SMARTS) is 2. The number of likely N-dealkylation sites (N-methyl/N-ethyl adjacent to an activating group) is 1. The van der Waals surface area contributed by atoms with E-state index >= 15 is 0 Å². The second-order valence-corrected chi connectivity index (χ2v) is 5.04. The number of aliphatic carboxylic acids is 2. The van der Waals surface area contributed by atoms with Crippen molar-refractivity contribution < 1.29 is 29.5 Å². The average molecular weight is 306 g/mol. The average Bonchev–Trinajstić information content (AvgIpc) is 2.87. The summed E-state index contributed by atoms with van der Waals surface area (Å²) in [7, 11) is 4.29. The van der Waals surface area contributed by atoms with Gasteiger partial charge in [0.15, 0.2) is 5.97 Å². The van der Waals surface area contributed by atoms with Gasteiger partial charge in [0.05, 0.1) is 20.6 Å². The number of quaternary nitrogens is 1. The van der Waals surface area contributed by atoms with Crippen molar-refractivity contribution in [2.45, 2.75) is 6.42 Å². The SMILES string of the molecule is C[NH+](C)CCc1c[nH]c2ccc(C=O)cc12.O=C([O-])C(=O)O. The minimum atomic E-state index is -2.07. The van der Waals surface area contributed by atoms with Crippen LogP contribution < -0.4 is 10.0 Å². The van der Waals surface area contributed by atoms with E-state index in [2.05, 4.69) is 19.1 Å². The lowest BCUT2D eigenvalue weighted by Gasteiger charge is -2.05. The Labute approximate surface area is 127 Å². The summed E-state index contributed by atoms with van der Waals surface area (Å²) in [4.78, 5) is 33.4. The number of rotatable bonds is 4. The molecule has 0 unspecified atom stereocenters. The monoisotopic (exact) mass is 306 g/mol. The first-order valence-corrected chi connectivity index (χ1v) is 6.63. The normalized spacial score (nSPS) is 10.1. The summed E-state index contributed by atoms with van der Waals surface area (Å²) in [5.74, 6) is -4.01.